The average Bonchev–Trinajstić information content (AvgIpc) is 2.39. The van der Waals surface area contributed by atoms with Gasteiger partial charge in [-0.3, -0.25) is 4.79 Å². The lowest BCUT2D eigenvalue weighted by molar-refractivity contribution is -0.138. The molecule has 19 heavy (non-hydrogen) atoms. The standard InChI is InChI=1S/C15H13FO3/c1-9(15(18)19)11-4-7-13(14(16)8-11)10-2-5-12(17)6-3-10/h2-9,17H,1H3,(H,18,19)/t9-/m1/s1. The Hall–Kier alpha value is -2.36. The molecule has 0 aromatic heterocycles. The number of aromatic hydroxyl groups is 1. The summed E-state index contributed by atoms with van der Waals surface area (Å²) in [6.45, 7) is 1.51. The zero-order valence-electron chi connectivity index (χ0n) is 10.3. The first-order chi connectivity index (χ1) is 8.99. The largest absolute Gasteiger partial charge is 0.508 e. The number of halogens is 1. The van der Waals surface area contributed by atoms with E-state index in [1.807, 2.05) is 0 Å². The van der Waals surface area contributed by atoms with Crippen molar-refractivity contribution in [1.29, 1.82) is 0 Å². The van der Waals surface area contributed by atoms with Crippen molar-refractivity contribution >= 4 is 5.97 Å². The summed E-state index contributed by atoms with van der Waals surface area (Å²) in [6, 6.07) is 10.6. The van der Waals surface area contributed by atoms with Crippen LogP contribution in [0.5, 0.6) is 5.75 Å². The van der Waals surface area contributed by atoms with Crippen LogP contribution in [0, 0.1) is 5.82 Å². The molecule has 0 bridgehead atoms. The van der Waals surface area contributed by atoms with E-state index < -0.39 is 17.7 Å². The van der Waals surface area contributed by atoms with E-state index >= 15 is 0 Å². The second kappa shape index (κ2) is 5.10. The van der Waals surface area contributed by atoms with Gasteiger partial charge in [0.25, 0.3) is 0 Å². The van der Waals surface area contributed by atoms with Crippen LogP contribution in [0.4, 0.5) is 4.39 Å². The molecule has 4 heteroatoms. The monoisotopic (exact) mass is 260 g/mol. The van der Waals surface area contributed by atoms with Crippen LogP contribution in [0.25, 0.3) is 11.1 Å². The van der Waals surface area contributed by atoms with Crippen molar-refractivity contribution in [3.63, 3.8) is 0 Å². The number of carboxylic acid groups (broad SMARTS) is 1. The lowest BCUT2D eigenvalue weighted by Crippen LogP contribution is -2.07. The maximum Gasteiger partial charge on any atom is 0.310 e. The fourth-order valence-corrected chi connectivity index (χ4v) is 1.82. The lowest BCUT2D eigenvalue weighted by atomic mass is 9.97. The van der Waals surface area contributed by atoms with Crippen LogP contribution in [0.1, 0.15) is 18.4 Å². The molecule has 2 aromatic rings. The van der Waals surface area contributed by atoms with E-state index in [2.05, 4.69) is 0 Å². The summed E-state index contributed by atoms with van der Waals surface area (Å²) >= 11 is 0. The Bertz CT molecular complexity index is 605. The van der Waals surface area contributed by atoms with Crippen molar-refractivity contribution in [3.05, 3.63) is 53.8 Å². The third-order valence-corrected chi connectivity index (χ3v) is 3.04. The predicted octanol–water partition coefficient (Wildman–Crippen LogP) is 3.39. The third-order valence-electron chi connectivity index (χ3n) is 3.04. The SMILES string of the molecule is C[C@@H](C(=O)O)c1ccc(-c2ccc(O)cc2)c(F)c1. The molecule has 98 valence electrons. The molecule has 0 amide bonds. The Morgan fingerprint density at radius 1 is 1.16 bits per heavy atom. The molecule has 0 spiro atoms. The minimum absolute atomic E-state index is 0.111. The van der Waals surface area contributed by atoms with Gasteiger partial charge in [0.1, 0.15) is 11.6 Å². The van der Waals surface area contributed by atoms with Crippen LogP contribution < -0.4 is 0 Å². The first-order valence-electron chi connectivity index (χ1n) is 5.80. The molecule has 2 rings (SSSR count). The summed E-state index contributed by atoms with van der Waals surface area (Å²) in [4.78, 5) is 10.9. The van der Waals surface area contributed by atoms with Crippen LogP contribution in [0.2, 0.25) is 0 Å². The zero-order chi connectivity index (χ0) is 14.0. The zero-order valence-corrected chi connectivity index (χ0v) is 10.3. The predicted molar refractivity (Wildman–Crippen MR) is 69.6 cm³/mol. The van der Waals surface area contributed by atoms with Crippen molar-refractivity contribution in [2.24, 2.45) is 0 Å². The van der Waals surface area contributed by atoms with Crippen molar-refractivity contribution < 1.29 is 19.4 Å². The van der Waals surface area contributed by atoms with Gasteiger partial charge in [0.05, 0.1) is 5.92 Å². The molecule has 0 aliphatic carbocycles. The normalized spacial score (nSPS) is 12.1. The molecule has 0 unspecified atom stereocenters. The minimum atomic E-state index is -0.989. The van der Waals surface area contributed by atoms with Gasteiger partial charge in [-0.1, -0.05) is 24.3 Å². The Kier molecular flexibility index (Phi) is 3.51. The van der Waals surface area contributed by atoms with Crippen LogP contribution >= 0.6 is 0 Å². The summed E-state index contributed by atoms with van der Waals surface area (Å²) in [5, 5.41) is 18.1. The molecule has 2 aromatic carbocycles. The highest BCUT2D eigenvalue weighted by Crippen LogP contribution is 2.27. The molecule has 0 radical (unpaired) electrons. The van der Waals surface area contributed by atoms with Gasteiger partial charge >= 0.3 is 5.97 Å². The van der Waals surface area contributed by atoms with E-state index in [4.69, 9.17) is 5.11 Å². The Morgan fingerprint density at radius 3 is 2.32 bits per heavy atom. The molecule has 0 fully saturated rings. The van der Waals surface area contributed by atoms with Gasteiger partial charge in [-0.25, -0.2) is 4.39 Å². The van der Waals surface area contributed by atoms with Gasteiger partial charge < -0.3 is 10.2 Å². The summed E-state index contributed by atoms with van der Waals surface area (Å²) in [5.74, 6) is -2.10. The van der Waals surface area contributed by atoms with Crippen LogP contribution in [-0.4, -0.2) is 16.2 Å². The van der Waals surface area contributed by atoms with Crippen molar-refractivity contribution in [2.75, 3.05) is 0 Å². The Labute approximate surface area is 109 Å². The maximum absolute atomic E-state index is 14.0. The molecule has 2 N–H and O–H groups in total. The molecule has 0 heterocycles. The first-order valence-corrected chi connectivity index (χ1v) is 5.80. The summed E-state index contributed by atoms with van der Waals surface area (Å²) in [5.41, 5.74) is 1.43. The number of carbonyl (C=O) groups is 1. The summed E-state index contributed by atoms with van der Waals surface area (Å²) < 4.78 is 14.0. The van der Waals surface area contributed by atoms with Gasteiger partial charge in [-0.05, 0) is 36.2 Å². The molecule has 0 aliphatic rings. The fraction of sp³-hybridized carbons (Fsp3) is 0.133. The molecular weight excluding hydrogens is 247 g/mol. The number of carboxylic acids is 1. The topological polar surface area (TPSA) is 57.5 Å². The number of rotatable bonds is 3. The number of hydrogen-bond acceptors (Lipinski definition) is 2. The highest BCUT2D eigenvalue weighted by molar-refractivity contribution is 5.76. The summed E-state index contributed by atoms with van der Waals surface area (Å²) in [6.07, 6.45) is 0. The van der Waals surface area contributed by atoms with Crippen LogP contribution in [0.3, 0.4) is 0 Å². The smallest absolute Gasteiger partial charge is 0.310 e. The molecule has 1 atom stereocenters. The second-order valence-corrected chi connectivity index (χ2v) is 4.35. The van der Waals surface area contributed by atoms with E-state index in [0.717, 1.165) is 0 Å². The second-order valence-electron chi connectivity index (χ2n) is 4.35. The Morgan fingerprint density at radius 2 is 1.79 bits per heavy atom. The quantitative estimate of drug-likeness (QED) is 0.889. The minimum Gasteiger partial charge on any atom is -0.508 e. The van der Waals surface area contributed by atoms with E-state index in [1.165, 1.54) is 25.1 Å². The molecular formula is C15H13FO3. The third kappa shape index (κ3) is 2.73. The highest BCUT2D eigenvalue weighted by atomic mass is 19.1. The van der Waals surface area contributed by atoms with E-state index in [-0.39, 0.29) is 5.75 Å². The number of benzene rings is 2. The maximum atomic E-state index is 14.0. The van der Waals surface area contributed by atoms with Gasteiger partial charge in [-0.2, -0.15) is 0 Å². The van der Waals surface area contributed by atoms with E-state index in [1.54, 1.807) is 24.3 Å². The van der Waals surface area contributed by atoms with Gasteiger partial charge in [0.15, 0.2) is 0 Å². The Balaban J connectivity index is 2.39. The number of phenols is 1. The van der Waals surface area contributed by atoms with Crippen LogP contribution in [-0.2, 0) is 4.79 Å². The van der Waals surface area contributed by atoms with Crippen molar-refractivity contribution in [3.8, 4) is 16.9 Å². The molecule has 3 nitrogen and oxygen atoms in total. The lowest BCUT2D eigenvalue weighted by Gasteiger charge is -2.09. The number of phenolic OH excluding ortho intramolecular Hbond substituents is 1. The van der Waals surface area contributed by atoms with E-state index in [0.29, 0.717) is 16.7 Å². The van der Waals surface area contributed by atoms with Crippen LogP contribution in [0.15, 0.2) is 42.5 Å². The first kappa shape index (κ1) is 13.1. The van der Waals surface area contributed by atoms with Gasteiger partial charge in [-0.15, -0.1) is 0 Å². The molecule has 0 saturated carbocycles. The fourth-order valence-electron chi connectivity index (χ4n) is 1.82. The van der Waals surface area contributed by atoms with Gasteiger partial charge in [0, 0.05) is 5.56 Å². The molecule has 0 saturated heterocycles. The number of hydrogen-bond donors (Lipinski definition) is 2. The van der Waals surface area contributed by atoms with Gasteiger partial charge in [0.2, 0.25) is 0 Å². The van der Waals surface area contributed by atoms with Crippen molar-refractivity contribution in [2.45, 2.75) is 12.8 Å². The number of aliphatic carboxylic acids is 1. The summed E-state index contributed by atoms with van der Waals surface area (Å²) in [7, 11) is 0. The highest BCUT2D eigenvalue weighted by Gasteiger charge is 2.15. The molecule has 0 aliphatic heterocycles. The van der Waals surface area contributed by atoms with E-state index in [9.17, 15) is 14.3 Å². The van der Waals surface area contributed by atoms with Crippen molar-refractivity contribution in [1.82, 2.24) is 0 Å². The average molecular weight is 260 g/mol.